The van der Waals surface area contributed by atoms with Gasteiger partial charge in [-0.25, -0.2) is 17.8 Å². The number of hydrogen-bond acceptors (Lipinski definition) is 5. The van der Waals surface area contributed by atoms with Gasteiger partial charge < -0.3 is 0 Å². The third-order valence-corrected chi connectivity index (χ3v) is 4.17. The smallest absolute Gasteiger partial charge is 0.212 e. The molecule has 0 saturated carbocycles. The molecular formula is C12H17N5O2S. The second kappa shape index (κ2) is 6.10. The summed E-state index contributed by atoms with van der Waals surface area (Å²) in [6.45, 7) is 3.85. The van der Waals surface area contributed by atoms with Crippen LogP contribution in [0.25, 0.3) is 5.69 Å². The van der Waals surface area contributed by atoms with Crippen molar-refractivity contribution in [2.24, 2.45) is 5.92 Å². The van der Waals surface area contributed by atoms with E-state index in [4.69, 9.17) is 0 Å². The number of nitrogens with one attached hydrogen (secondary N) is 1. The maximum Gasteiger partial charge on any atom is 0.212 e. The standard InChI is InChI=1S/C12H17N5O2S/c1-10(2)9-20(18,19)14-6-11-8-17(16-15-11)12-4-3-5-13-7-12/h3-5,7-8,10,14H,6,9H2,1-2H3. The molecule has 0 aromatic carbocycles. The lowest BCUT2D eigenvalue weighted by atomic mass is 10.3. The Hall–Kier alpha value is -1.80. The van der Waals surface area contributed by atoms with Gasteiger partial charge in [0.05, 0.1) is 36.1 Å². The Labute approximate surface area is 118 Å². The van der Waals surface area contributed by atoms with Gasteiger partial charge in [-0.3, -0.25) is 4.98 Å². The summed E-state index contributed by atoms with van der Waals surface area (Å²) in [5, 5.41) is 7.87. The van der Waals surface area contributed by atoms with E-state index in [0.717, 1.165) is 5.69 Å². The molecule has 0 unspecified atom stereocenters. The van der Waals surface area contributed by atoms with Crippen molar-refractivity contribution in [1.29, 1.82) is 0 Å². The van der Waals surface area contributed by atoms with Gasteiger partial charge in [0.2, 0.25) is 10.0 Å². The maximum absolute atomic E-state index is 11.7. The summed E-state index contributed by atoms with van der Waals surface area (Å²) in [5.74, 6) is 0.183. The van der Waals surface area contributed by atoms with Crippen LogP contribution in [0.4, 0.5) is 0 Å². The average Bonchev–Trinajstić information content (AvgIpc) is 2.85. The van der Waals surface area contributed by atoms with Crippen LogP contribution in [0.15, 0.2) is 30.7 Å². The molecule has 0 amide bonds. The Balaban J connectivity index is 2.01. The van der Waals surface area contributed by atoms with Crippen molar-refractivity contribution in [2.45, 2.75) is 20.4 Å². The van der Waals surface area contributed by atoms with Gasteiger partial charge in [-0.2, -0.15) is 0 Å². The molecule has 7 nitrogen and oxygen atoms in total. The monoisotopic (exact) mass is 295 g/mol. The normalized spacial score (nSPS) is 11.9. The summed E-state index contributed by atoms with van der Waals surface area (Å²) in [6, 6.07) is 3.64. The quantitative estimate of drug-likeness (QED) is 0.849. The summed E-state index contributed by atoms with van der Waals surface area (Å²) in [7, 11) is -3.27. The van der Waals surface area contributed by atoms with Crippen LogP contribution in [0, 0.1) is 5.92 Å². The second-order valence-electron chi connectivity index (χ2n) is 4.86. The predicted octanol–water partition coefficient (Wildman–Crippen LogP) is 0.738. The van der Waals surface area contributed by atoms with E-state index in [0.29, 0.717) is 5.69 Å². The van der Waals surface area contributed by atoms with Gasteiger partial charge in [-0.05, 0) is 18.1 Å². The van der Waals surface area contributed by atoms with Crippen molar-refractivity contribution >= 4 is 10.0 Å². The SMILES string of the molecule is CC(C)CS(=O)(=O)NCc1cn(-c2cccnc2)nn1. The van der Waals surface area contributed by atoms with Gasteiger partial charge in [0.25, 0.3) is 0 Å². The largest absolute Gasteiger partial charge is 0.262 e. The van der Waals surface area contributed by atoms with E-state index in [1.54, 1.807) is 29.3 Å². The highest BCUT2D eigenvalue weighted by Gasteiger charge is 2.13. The molecule has 2 aromatic heterocycles. The molecular weight excluding hydrogens is 278 g/mol. The van der Waals surface area contributed by atoms with Gasteiger partial charge in [-0.15, -0.1) is 5.10 Å². The fraction of sp³-hybridized carbons (Fsp3) is 0.417. The Kier molecular flexibility index (Phi) is 4.46. The number of sulfonamides is 1. The zero-order valence-electron chi connectivity index (χ0n) is 11.4. The topological polar surface area (TPSA) is 89.8 Å². The van der Waals surface area contributed by atoms with E-state index in [1.165, 1.54) is 0 Å². The van der Waals surface area contributed by atoms with Crippen LogP contribution < -0.4 is 4.72 Å². The zero-order valence-corrected chi connectivity index (χ0v) is 12.2. The summed E-state index contributed by atoms with van der Waals surface area (Å²) < 4.78 is 27.5. The zero-order chi connectivity index (χ0) is 14.6. The molecule has 0 aliphatic heterocycles. The lowest BCUT2D eigenvalue weighted by Gasteiger charge is -2.06. The molecule has 0 saturated heterocycles. The van der Waals surface area contributed by atoms with Crippen LogP contribution in [-0.2, 0) is 16.6 Å². The molecule has 2 heterocycles. The summed E-state index contributed by atoms with van der Waals surface area (Å²) >= 11 is 0. The number of nitrogens with zero attached hydrogens (tertiary/aromatic N) is 4. The van der Waals surface area contributed by atoms with Gasteiger partial charge >= 0.3 is 0 Å². The lowest BCUT2D eigenvalue weighted by Crippen LogP contribution is -2.28. The number of aromatic nitrogens is 4. The molecule has 108 valence electrons. The molecule has 20 heavy (non-hydrogen) atoms. The van der Waals surface area contributed by atoms with Gasteiger partial charge in [0.15, 0.2) is 0 Å². The molecule has 0 spiro atoms. The Bertz CT molecular complexity index is 651. The highest BCUT2D eigenvalue weighted by molar-refractivity contribution is 7.89. The highest BCUT2D eigenvalue weighted by atomic mass is 32.2. The van der Waals surface area contributed by atoms with E-state index in [1.807, 2.05) is 19.9 Å². The summed E-state index contributed by atoms with van der Waals surface area (Å²) in [5.41, 5.74) is 1.33. The Morgan fingerprint density at radius 1 is 1.40 bits per heavy atom. The van der Waals surface area contributed by atoms with Crippen molar-refractivity contribution < 1.29 is 8.42 Å². The molecule has 0 fully saturated rings. The van der Waals surface area contributed by atoms with Gasteiger partial charge in [-0.1, -0.05) is 19.1 Å². The van der Waals surface area contributed by atoms with Crippen LogP contribution in [0.1, 0.15) is 19.5 Å². The average molecular weight is 295 g/mol. The number of pyridine rings is 1. The van der Waals surface area contributed by atoms with Gasteiger partial charge in [0.1, 0.15) is 0 Å². The molecule has 1 N–H and O–H groups in total. The minimum absolute atomic E-state index is 0.0820. The molecule has 2 aromatic rings. The van der Waals surface area contributed by atoms with Crippen LogP contribution in [-0.4, -0.2) is 34.1 Å². The summed E-state index contributed by atoms with van der Waals surface area (Å²) in [4.78, 5) is 3.99. The van der Waals surface area contributed by atoms with Crippen LogP contribution in [0.5, 0.6) is 0 Å². The van der Waals surface area contributed by atoms with Crippen molar-refractivity contribution in [3.8, 4) is 5.69 Å². The minimum Gasteiger partial charge on any atom is -0.262 e. The van der Waals surface area contributed by atoms with E-state index in [2.05, 4.69) is 20.0 Å². The minimum atomic E-state index is -3.27. The summed E-state index contributed by atoms with van der Waals surface area (Å²) in [6.07, 6.45) is 5.00. The van der Waals surface area contributed by atoms with Crippen molar-refractivity contribution in [3.63, 3.8) is 0 Å². The van der Waals surface area contributed by atoms with E-state index < -0.39 is 10.0 Å². The first-order valence-electron chi connectivity index (χ1n) is 6.25. The number of hydrogen-bond donors (Lipinski definition) is 1. The van der Waals surface area contributed by atoms with Crippen molar-refractivity contribution in [3.05, 3.63) is 36.4 Å². The molecule has 0 radical (unpaired) electrons. The second-order valence-corrected chi connectivity index (χ2v) is 6.71. The van der Waals surface area contributed by atoms with Crippen LogP contribution in [0.3, 0.4) is 0 Å². The van der Waals surface area contributed by atoms with Crippen LogP contribution in [0.2, 0.25) is 0 Å². The molecule has 0 bridgehead atoms. The molecule has 0 atom stereocenters. The third kappa shape index (κ3) is 4.10. The predicted molar refractivity (Wildman–Crippen MR) is 74.6 cm³/mol. The fourth-order valence-corrected chi connectivity index (χ4v) is 3.04. The molecule has 0 aliphatic carbocycles. The molecule has 8 heteroatoms. The number of rotatable bonds is 6. The third-order valence-electron chi connectivity index (χ3n) is 2.48. The van der Waals surface area contributed by atoms with E-state index in [9.17, 15) is 8.42 Å². The fourth-order valence-electron chi connectivity index (χ4n) is 1.68. The first-order valence-corrected chi connectivity index (χ1v) is 7.90. The van der Waals surface area contributed by atoms with E-state index >= 15 is 0 Å². The Morgan fingerprint density at radius 2 is 2.20 bits per heavy atom. The van der Waals surface area contributed by atoms with Gasteiger partial charge in [0, 0.05) is 6.20 Å². The van der Waals surface area contributed by atoms with Crippen molar-refractivity contribution in [1.82, 2.24) is 24.7 Å². The molecule has 0 aliphatic rings. The van der Waals surface area contributed by atoms with E-state index in [-0.39, 0.29) is 18.2 Å². The van der Waals surface area contributed by atoms with Crippen molar-refractivity contribution in [2.75, 3.05) is 5.75 Å². The lowest BCUT2D eigenvalue weighted by molar-refractivity contribution is 0.567. The molecule has 2 rings (SSSR count). The Morgan fingerprint density at radius 3 is 2.85 bits per heavy atom. The maximum atomic E-state index is 11.7. The first kappa shape index (κ1) is 14.6. The van der Waals surface area contributed by atoms with Crippen LogP contribution >= 0.6 is 0 Å². The highest BCUT2D eigenvalue weighted by Crippen LogP contribution is 2.05. The first-order chi connectivity index (χ1) is 9.46.